The number of ether oxygens (including phenoxy) is 1. The summed E-state index contributed by atoms with van der Waals surface area (Å²) >= 11 is 0. The average molecular weight is 281 g/mol. The van der Waals surface area contributed by atoms with E-state index >= 15 is 0 Å². The molecule has 112 valence electrons. The second kappa shape index (κ2) is 7.23. The van der Waals surface area contributed by atoms with E-state index in [1.165, 1.54) is 0 Å². The van der Waals surface area contributed by atoms with Crippen LogP contribution in [0.4, 0.5) is 0 Å². The van der Waals surface area contributed by atoms with Gasteiger partial charge in [-0.3, -0.25) is 4.99 Å². The van der Waals surface area contributed by atoms with E-state index in [9.17, 15) is 0 Å². The smallest absolute Gasteiger partial charge is 0.228 e. The molecule has 0 spiro atoms. The van der Waals surface area contributed by atoms with Gasteiger partial charge in [-0.05, 0) is 13.3 Å². The number of aliphatic imine (C=N–C) groups is 1. The number of rotatable bonds is 5. The van der Waals surface area contributed by atoms with Crippen molar-refractivity contribution in [3.8, 4) is 0 Å². The van der Waals surface area contributed by atoms with E-state index in [0.29, 0.717) is 24.1 Å². The molecule has 1 fully saturated rings. The molecule has 0 saturated carbocycles. The molecule has 2 heterocycles. The Hall–Kier alpha value is -1.63. The molecule has 0 radical (unpaired) electrons. The predicted molar refractivity (Wildman–Crippen MR) is 75.7 cm³/mol. The van der Waals surface area contributed by atoms with Crippen molar-refractivity contribution < 1.29 is 9.26 Å². The van der Waals surface area contributed by atoms with Crippen LogP contribution in [0, 0.1) is 12.8 Å². The highest BCUT2D eigenvalue weighted by molar-refractivity contribution is 5.80. The van der Waals surface area contributed by atoms with Gasteiger partial charge >= 0.3 is 0 Å². The van der Waals surface area contributed by atoms with Crippen LogP contribution in [0.2, 0.25) is 0 Å². The van der Waals surface area contributed by atoms with Gasteiger partial charge in [0.15, 0.2) is 11.8 Å². The minimum Gasteiger partial charge on any atom is -0.384 e. The number of hydrogen-bond donors (Lipinski definition) is 1. The van der Waals surface area contributed by atoms with Crippen LogP contribution in [-0.4, -0.2) is 61.4 Å². The molecular formula is C13H23N5O2. The first-order valence-electron chi connectivity index (χ1n) is 6.96. The zero-order valence-electron chi connectivity index (χ0n) is 12.4. The molecule has 0 bridgehead atoms. The summed E-state index contributed by atoms with van der Waals surface area (Å²) in [5, 5.41) is 7.11. The Bertz CT molecular complexity index is 446. The molecule has 20 heavy (non-hydrogen) atoms. The maximum Gasteiger partial charge on any atom is 0.228 e. The Morgan fingerprint density at radius 1 is 1.60 bits per heavy atom. The van der Waals surface area contributed by atoms with E-state index in [0.717, 1.165) is 38.6 Å². The third-order valence-corrected chi connectivity index (χ3v) is 3.39. The van der Waals surface area contributed by atoms with Crippen LogP contribution in [0.3, 0.4) is 0 Å². The quantitative estimate of drug-likeness (QED) is 0.624. The lowest BCUT2D eigenvalue weighted by molar-refractivity contribution is 0.157. The number of methoxy groups -OCH3 is 1. The molecule has 1 saturated heterocycles. The summed E-state index contributed by atoms with van der Waals surface area (Å²) in [6.45, 7) is 5.38. The van der Waals surface area contributed by atoms with Crippen LogP contribution >= 0.6 is 0 Å². The maximum atomic E-state index is 5.21. The Morgan fingerprint density at radius 3 is 3.10 bits per heavy atom. The molecule has 0 aliphatic carbocycles. The molecule has 0 aromatic carbocycles. The predicted octanol–water partition coefficient (Wildman–Crippen LogP) is 0.464. The fourth-order valence-electron chi connectivity index (χ4n) is 2.45. The highest BCUT2D eigenvalue weighted by atomic mass is 16.5. The molecule has 1 N–H and O–H groups in total. The summed E-state index contributed by atoms with van der Waals surface area (Å²) in [7, 11) is 3.56. The monoisotopic (exact) mass is 281 g/mol. The van der Waals surface area contributed by atoms with Crippen LogP contribution < -0.4 is 5.32 Å². The van der Waals surface area contributed by atoms with Crippen LogP contribution in [0.25, 0.3) is 0 Å². The van der Waals surface area contributed by atoms with Crippen LogP contribution in [0.15, 0.2) is 9.52 Å². The van der Waals surface area contributed by atoms with Crippen molar-refractivity contribution in [3.63, 3.8) is 0 Å². The van der Waals surface area contributed by atoms with E-state index in [-0.39, 0.29) is 0 Å². The molecule has 1 atom stereocenters. The lowest BCUT2D eigenvalue weighted by Crippen LogP contribution is -2.41. The molecule has 1 aromatic heterocycles. The van der Waals surface area contributed by atoms with Crippen LogP contribution in [-0.2, 0) is 11.2 Å². The van der Waals surface area contributed by atoms with Gasteiger partial charge in [0.25, 0.3) is 0 Å². The van der Waals surface area contributed by atoms with Gasteiger partial charge in [0.05, 0.1) is 6.61 Å². The normalized spacial score (nSPS) is 19.6. The van der Waals surface area contributed by atoms with Crippen LogP contribution in [0.5, 0.6) is 0 Å². The fourth-order valence-corrected chi connectivity index (χ4v) is 2.45. The van der Waals surface area contributed by atoms with E-state index in [4.69, 9.17) is 9.26 Å². The largest absolute Gasteiger partial charge is 0.384 e. The summed E-state index contributed by atoms with van der Waals surface area (Å²) in [6.07, 6.45) is 1.85. The second-order valence-corrected chi connectivity index (χ2v) is 5.02. The minimum atomic E-state index is 0.595. The average Bonchev–Trinajstić information content (AvgIpc) is 3.05. The first kappa shape index (κ1) is 14.8. The van der Waals surface area contributed by atoms with Gasteiger partial charge in [-0.25, -0.2) is 0 Å². The third kappa shape index (κ3) is 3.93. The molecule has 1 aliphatic heterocycles. The number of likely N-dealkylation sites (tertiary alicyclic amines) is 1. The van der Waals surface area contributed by atoms with Crippen molar-refractivity contribution in [1.29, 1.82) is 0 Å². The lowest BCUT2D eigenvalue weighted by atomic mass is 10.1. The number of aryl methyl sites for hydroxylation is 1. The highest BCUT2D eigenvalue weighted by Gasteiger charge is 2.24. The number of nitrogens with zero attached hydrogens (tertiary/aromatic N) is 4. The van der Waals surface area contributed by atoms with Crippen molar-refractivity contribution in [1.82, 2.24) is 20.4 Å². The summed E-state index contributed by atoms with van der Waals surface area (Å²) in [6, 6.07) is 0. The number of aromatic nitrogens is 2. The van der Waals surface area contributed by atoms with Gasteiger partial charge in [-0.2, -0.15) is 4.98 Å². The fraction of sp³-hybridized carbons (Fsp3) is 0.769. The van der Waals surface area contributed by atoms with Crippen molar-refractivity contribution in [3.05, 3.63) is 11.7 Å². The Kier molecular flexibility index (Phi) is 5.34. The molecule has 2 rings (SSSR count). The van der Waals surface area contributed by atoms with Gasteiger partial charge in [-0.1, -0.05) is 5.16 Å². The molecule has 0 amide bonds. The van der Waals surface area contributed by atoms with Crippen molar-refractivity contribution in [2.24, 2.45) is 10.9 Å². The zero-order chi connectivity index (χ0) is 14.4. The highest BCUT2D eigenvalue weighted by Crippen LogP contribution is 2.16. The van der Waals surface area contributed by atoms with Crippen molar-refractivity contribution in [2.75, 3.05) is 40.4 Å². The van der Waals surface area contributed by atoms with E-state index in [1.807, 2.05) is 14.0 Å². The first-order valence-corrected chi connectivity index (χ1v) is 6.96. The first-order chi connectivity index (χ1) is 9.72. The van der Waals surface area contributed by atoms with Crippen LogP contribution in [0.1, 0.15) is 18.1 Å². The summed E-state index contributed by atoms with van der Waals surface area (Å²) in [5.41, 5.74) is 0. The third-order valence-electron chi connectivity index (χ3n) is 3.39. The topological polar surface area (TPSA) is 75.8 Å². The number of hydrogen-bond acceptors (Lipinski definition) is 5. The van der Waals surface area contributed by atoms with E-state index < -0.39 is 0 Å². The van der Waals surface area contributed by atoms with Gasteiger partial charge in [0.1, 0.15) is 0 Å². The Morgan fingerprint density at radius 2 is 2.45 bits per heavy atom. The van der Waals surface area contributed by atoms with Crippen molar-refractivity contribution >= 4 is 5.96 Å². The molecule has 7 heteroatoms. The second-order valence-electron chi connectivity index (χ2n) is 5.02. The zero-order valence-corrected chi connectivity index (χ0v) is 12.4. The summed E-state index contributed by atoms with van der Waals surface area (Å²) < 4.78 is 10.3. The van der Waals surface area contributed by atoms with E-state index in [1.54, 1.807) is 7.11 Å². The Balaban J connectivity index is 1.76. The van der Waals surface area contributed by atoms with Gasteiger partial charge in [0, 0.05) is 46.1 Å². The summed E-state index contributed by atoms with van der Waals surface area (Å²) in [5.74, 6) is 2.85. The molecule has 1 aliphatic rings. The maximum absolute atomic E-state index is 5.21. The molecule has 1 unspecified atom stereocenters. The lowest BCUT2D eigenvalue weighted by Gasteiger charge is -2.21. The Labute approximate surface area is 119 Å². The molecule has 1 aromatic rings. The number of nitrogens with one attached hydrogen (secondary N) is 1. The molecule has 7 nitrogen and oxygen atoms in total. The van der Waals surface area contributed by atoms with Gasteiger partial charge in [-0.15, -0.1) is 0 Å². The summed E-state index contributed by atoms with van der Waals surface area (Å²) in [4.78, 5) is 10.8. The minimum absolute atomic E-state index is 0.595. The van der Waals surface area contributed by atoms with E-state index in [2.05, 4.69) is 25.3 Å². The molecular weight excluding hydrogens is 258 g/mol. The standard InChI is InChI=1S/C13H23N5O2/c1-10-16-12(20-17-10)4-6-15-13(14-2)18-7-5-11(8-18)9-19-3/h11H,4-9H2,1-3H3,(H,14,15). The SMILES string of the molecule is CN=C(NCCc1nc(C)no1)N1CCC(COC)C1. The van der Waals surface area contributed by atoms with Crippen molar-refractivity contribution in [2.45, 2.75) is 19.8 Å². The van der Waals surface area contributed by atoms with Gasteiger partial charge in [0.2, 0.25) is 5.89 Å². The number of guanidine groups is 1. The van der Waals surface area contributed by atoms with Gasteiger partial charge < -0.3 is 19.5 Å².